The third-order valence-corrected chi connectivity index (χ3v) is 1.42. The molecule has 0 nitrogen and oxygen atoms in total. The monoisotopic (exact) mass is 156 g/mol. The molecule has 0 aromatic rings. The number of allylic oxidation sites excluding steroid dienone is 5. The Bertz CT molecular complexity index is 152. The second kappa shape index (κ2) is 6.63. The Balaban J connectivity index is 3.85. The predicted octanol–water partition coefficient (Wildman–Crippen LogP) is 3.65. The van der Waals surface area contributed by atoms with Crippen LogP contribution in [-0.2, 0) is 0 Å². The highest BCUT2D eigenvalue weighted by molar-refractivity contribution is 6.25. The van der Waals surface area contributed by atoms with Gasteiger partial charge in [-0.2, -0.15) is 0 Å². The highest BCUT2D eigenvalue weighted by Crippen LogP contribution is 2.01. The molecule has 0 unspecified atom stereocenters. The fourth-order valence-electron chi connectivity index (χ4n) is 0.639. The summed E-state index contributed by atoms with van der Waals surface area (Å²) in [7, 11) is 0. The maximum absolute atomic E-state index is 5.32. The highest BCUT2D eigenvalue weighted by Gasteiger charge is 1.80. The molecule has 0 heterocycles. The molecule has 0 fully saturated rings. The first-order valence-electron chi connectivity index (χ1n) is 3.43. The maximum atomic E-state index is 5.32. The number of halogens is 1. The lowest BCUT2D eigenvalue weighted by Gasteiger charge is -1.90. The SMILES string of the molecule is C\C=C(/C=C\C=C\Cl)CC. The molecular weight excluding hydrogens is 144 g/mol. The summed E-state index contributed by atoms with van der Waals surface area (Å²) < 4.78 is 0. The molecular formula is C9H13Cl. The van der Waals surface area contributed by atoms with Gasteiger partial charge in [0.05, 0.1) is 0 Å². The summed E-state index contributed by atoms with van der Waals surface area (Å²) in [5.41, 5.74) is 2.83. The first kappa shape index (κ1) is 9.51. The van der Waals surface area contributed by atoms with Crippen LogP contribution >= 0.6 is 11.6 Å². The largest absolute Gasteiger partial charge is 0.0930 e. The van der Waals surface area contributed by atoms with Crippen molar-refractivity contribution in [2.75, 3.05) is 0 Å². The lowest BCUT2D eigenvalue weighted by molar-refractivity contribution is 1.14. The molecule has 0 amide bonds. The van der Waals surface area contributed by atoms with E-state index in [0.29, 0.717) is 0 Å². The van der Waals surface area contributed by atoms with E-state index in [9.17, 15) is 0 Å². The lowest BCUT2D eigenvalue weighted by atomic mass is 10.2. The summed E-state index contributed by atoms with van der Waals surface area (Å²) in [5, 5.41) is 0. The molecule has 0 radical (unpaired) electrons. The normalized spacial score (nSPS) is 13.7. The molecule has 0 spiro atoms. The molecule has 0 N–H and O–H groups in total. The van der Waals surface area contributed by atoms with Gasteiger partial charge in [-0.15, -0.1) is 0 Å². The predicted molar refractivity (Wildman–Crippen MR) is 48.2 cm³/mol. The van der Waals surface area contributed by atoms with E-state index in [-0.39, 0.29) is 0 Å². The molecule has 0 rings (SSSR count). The fraction of sp³-hybridized carbons (Fsp3) is 0.333. The zero-order valence-electron chi connectivity index (χ0n) is 6.47. The van der Waals surface area contributed by atoms with E-state index in [2.05, 4.69) is 19.1 Å². The Kier molecular flexibility index (Phi) is 6.30. The minimum absolute atomic E-state index is 1.07. The number of hydrogen-bond donors (Lipinski definition) is 0. The third kappa shape index (κ3) is 4.39. The minimum Gasteiger partial charge on any atom is -0.0930 e. The van der Waals surface area contributed by atoms with Gasteiger partial charge in [-0.25, -0.2) is 0 Å². The van der Waals surface area contributed by atoms with Gasteiger partial charge in [-0.05, 0) is 13.3 Å². The molecule has 56 valence electrons. The average Bonchev–Trinajstić information content (AvgIpc) is 1.99. The summed E-state index contributed by atoms with van der Waals surface area (Å²) in [6.45, 7) is 4.16. The van der Waals surface area contributed by atoms with Crippen molar-refractivity contribution in [2.45, 2.75) is 20.3 Å². The van der Waals surface area contributed by atoms with Crippen LogP contribution in [-0.4, -0.2) is 0 Å². The van der Waals surface area contributed by atoms with Crippen molar-refractivity contribution in [3.05, 3.63) is 35.4 Å². The van der Waals surface area contributed by atoms with E-state index in [0.717, 1.165) is 6.42 Å². The van der Waals surface area contributed by atoms with Gasteiger partial charge < -0.3 is 0 Å². The zero-order valence-corrected chi connectivity index (χ0v) is 7.23. The van der Waals surface area contributed by atoms with Crippen LogP contribution in [0.25, 0.3) is 0 Å². The maximum Gasteiger partial charge on any atom is 0.00424 e. The topological polar surface area (TPSA) is 0 Å². The van der Waals surface area contributed by atoms with Crippen LogP contribution in [0.15, 0.2) is 35.4 Å². The molecule has 0 saturated heterocycles. The van der Waals surface area contributed by atoms with E-state index in [1.165, 1.54) is 11.1 Å². The molecule has 0 aliphatic heterocycles. The second-order valence-electron chi connectivity index (χ2n) is 1.89. The van der Waals surface area contributed by atoms with Crippen molar-refractivity contribution in [3.63, 3.8) is 0 Å². The van der Waals surface area contributed by atoms with Crippen LogP contribution in [0.5, 0.6) is 0 Å². The molecule has 1 heteroatoms. The fourth-order valence-corrected chi connectivity index (χ4v) is 0.723. The van der Waals surface area contributed by atoms with Gasteiger partial charge in [0.1, 0.15) is 0 Å². The molecule has 10 heavy (non-hydrogen) atoms. The van der Waals surface area contributed by atoms with E-state index >= 15 is 0 Å². The first-order valence-corrected chi connectivity index (χ1v) is 3.87. The smallest absolute Gasteiger partial charge is 0.00424 e. The summed E-state index contributed by atoms with van der Waals surface area (Å²) in [6.07, 6.45) is 8.97. The summed E-state index contributed by atoms with van der Waals surface area (Å²) >= 11 is 5.32. The second-order valence-corrected chi connectivity index (χ2v) is 2.15. The van der Waals surface area contributed by atoms with E-state index in [4.69, 9.17) is 11.6 Å². The molecule has 0 aromatic carbocycles. The minimum atomic E-state index is 1.07. The third-order valence-electron chi connectivity index (χ3n) is 1.27. The van der Waals surface area contributed by atoms with Crippen LogP contribution in [0.1, 0.15) is 20.3 Å². The van der Waals surface area contributed by atoms with E-state index in [1.807, 2.05) is 13.0 Å². The van der Waals surface area contributed by atoms with Crippen LogP contribution < -0.4 is 0 Å². The highest BCUT2D eigenvalue weighted by atomic mass is 35.5. The van der Waals surface area contributed by atoms with Crippen molar-refractivity contribution >= 4 is 11.6 Å². The lowest BCUT2D eigenvalue weighted by Crippen LogP contribution is -1.70. The quantitative estimate of drug-likeness (QED) is 0.548. The van der Waals surface area contributed by atoms with Crippen molar-refractivity contribution in [1.29, 1.82) is 0 Å². The van der Waals surface area contributed by atoms with Crippen LogP contribution in [0.3, 0.4) is 0 Å². The van der Waals surface area contributed by atoms with Gasteiger partial charge in [0.15, 0.2) is 0 Å². The number of hydrogen-bond acceptors (Lipinski definition) is 0. The van der Waals surface area contributed by atoms with Gasteiger partial charge in [0, 0.05) is 5.54 Å². The molecule has 0 aromatic heterocycles. The van der Waals surface area contributed by atoms with Gasteiger partial charge in [-0.1, -0.05) is 48.4 Å². The Morgan fingerprint density at radius 2 is 2.10 bits per heavy atom. The van der Waals surface area contributed by atoms with Crippen LogP contribution in [0.2, 0.25) is 0 Å². The summed E-state index contributed by atoms with van der Waals surface area (Å²) in [4.78, 5) is 0. The standard InChI is InChI=1S/C9H13Cl/c1-3-9(4-2)7-5-6-8-10/h3,5-8H,4H2,1-2H3/b7-5-,8-6+,9-3-. The van der Waals surface area contributed by atoms with Crippen molar-refractivity contribution in [1.82, 2.24) is 0 Å². The van der Waals surface area contributed by atoms with Crippen molar-refractivity contribution < 1.29 is 0 Å². The van der Waals surface area contributed by atoms with Crippen LogP contribution in [0, 0.1) is 0 Å². The van der Waals surface area contributed by atoms with Gasteiger partial charge in [-0.3, -0.25) is 0 Å². The molecule has 0 bridgehead atoms. The zero-order chi connectivity index (χ0) is 7.82. The number of rotatable bonds is 3. The summed E-state index contributed by atoms with van der Waals surface area (Å²) in [5.74, 6) is 0. The Morgan fingerprint density at radius 3 is 2.50 bits per heavy atom. The first-order chi connectivity index (χ1) is 4.85. The van der Waals surface area contributed by atoms with Crippen LogP contribution in [0.4, 0.5) is 0 Å². The van der Waals surface area contributed by atoms with Gasteiger partial charge in [0.2, 0.25) is 0 Å². The molecule has 0 aliphatic rings. The molecule has 0 saturated carbocycles. The molecule has 0 atom stereocenters. The Hall–Kier alpha value is -0.490. The van der Waals surface area contributed by atoms with Crippen molar-refractivity contribution in [3.8, 4) is 0 Å². The average molecular weight is 157 g/mol. The molecule has 0 aliphatic carbocycles. The van der Waals surface area contributed by atoms with E-state index in [1.54, 1.807) is 6.08 Å². The van der Waals surface area contributed by atoms with Gasteiger partial charge >= 0.3 is 0 Å². The van der Waals surface area contributed by atoms with Gasteiger partial charge in [0.25, 0.3) is 0 Å². The van der Waals surface area contributed by atoms with Crippen molar-refractivity contribution in [2.24, 2.45) is 0 Å². The summed E-state index contributed by atoms with van der Waals surface area (Å²) in [6, 6.07) is 0. The Labute approximate surface area is 67.9 Å². The Morgan fingerprint density at radius 1 is 1.40 bits per heavy atom. The van der Waals surface area contributed by atoms with E-state index < -0.39 is 0 Å².